The molecule has 3 saturated heterocycles. The number of nitro benzene ring substituents is 1. The molecular weight excluding hydrogens is 450 g/mol. The smallest absolute Gasteiger partial charge is 0.292 e. The van der Waals surface area contributed by atoms with Crippen molar-refractivity contribution in [2.45, 2.75) is 88.2 Å². The van der Waals surface area contributed by atoms with Crippen LogP contribution in [0.4, 0.5) is 11.4 Å². The van der Waals surface area contributed by atoms with E-state index >= 15 is 0 Å². The molecule has 5 rings (SSSR count). The van der Waals surface area contributed by atoms with Crippen molar-refractivity contribution in [3.8, 4) is 0 Å². The van der Waals surface area contributed by atoms with Crippen LogP contribution >= 0.6 is 12.2 Å². The summed E-state index contributed by atoms with van der Waals surface area (Å²) in [7, 11) is 0. The number of hydrogen-bond donors (Lipinski definition) is 2. The summed E-state index contributed by atoms with van der Waals surface area (Å²) in [5.74, 6) is -1.34. The summed E-state index contributed by atoms with van der Waals surface area (Å²) in [4.78, 5) is 10.9. The molecule has 4 aliphatic rings. The number of thiocarbonyl (C=S) groups is 1. The van der Waals surface area contributed by atoms with Crippen LogP contribution < -0.4 is 10.6 Å². The van der Waals surface area contributed by atoms with Crippen molar-refractivity contribution in [3.05, 3.63) is 34.4 Å². The van der Waals surface area contributed by atoms with Gasteiger partial charge < -0.3 is 34.3 Å². The number of ether oxygens (including phenoxy) is 5. The zero-order valence-electron chi connectivity index (χ0n) is 18.7. The van der Waals surface area contributed by atoms with E-state index in [2.05, 4.69) is 10.6 Å². The van der Waals surface area contributed by atoms with Gasteiger partial charge in [0.25, 0.3) is 5.69 Å². The third-order valence-electron chi connectivity index (χ3n) is 6.59. The zero-order valence-corrected chi connectivity index (χ0v) is 19.5. The Balaban J connectivity index is 1.32. The predicted octanol–water partition coefficient (Wildman–Crippen LogP) is 3.20. The molecule has 180 valence electrons. The lowest BCUT2D eigenvalue weighted by Gasteiger charge is -2.34. The van der Waals surface area contributed by atoms with Gasteiger partial charge in [0.2, 0.25) is 0 Å². The van der Waals surface area contributed by atoms with Crippen molar-refractivity contribution in [1.29, 1.82) is 0 Å². The first-order valence-electron chi connectivity index (χ1n) is 11.4. The first kappa shape index (κ1) is 22.9. The van der Waals surface area contributed by atoms with E-state index < -0.39 is 41.0 Å². The lowest BCUT2D eigenvalue weighted by Crippen LogP contribution is -2.53. The summed E-state index contributed by atoms with van der Waals surface area (Å²) < 4.78 is 30.9. The van der Waals surface area contributed by atoms with Crippen LogP contribution in [0, 0.1) is 10.1 Å². The van der Waals surface area contributed by atoms with Crippen molar-refractivity contribution in [2.24, 2.45) is 0 Å². The van der Waals surface area contributed by atoms with Crippen LogP contribution in [-0.4, -0.2) is 58.9 Å². The normalized spacial score (nSPS) is 34.2. The molecule has 0 amide bonds. The fourth-order valence-electron chi connectivity index (χ4n) is 5.16. The van der Waals surface area contributed by atoms with E-state index in [1.54, 1.807) is 18.2 Å². The molecule has 5 atom stereocenters. The molecule has 10 nitrogen and oxygen atoms in total. The highest BCUT2D eigenvalue weighted by Crippen LogP contribution is 2.44. The minimum absolute atomic E-state index is 0.0629. The topological polar surface area (TPSA) is 113 Å². The summed E-state index contributed by atoms with van der Waals surface area (Å²) >= 11 is 5.51. The van der Waals surface area contributed by atoms with Gasteiger partial charge in [-0.3, -0.25) is 10.1 Å². The third kappa shape index (κ3) is 4.58. The molecule has 3 aliphatic heterocycles. The molecule has 3 heterocycles. The Morgan fingerprint density at radius 1 is 1.12 bits per heavy atom. The summed E-state index contributed by atoms with van der Waals surface area (Å²) in [5.41, 5.74) is 0.240. The minimum atomic E-state index is -0.800. The van der Waals surface area contributed by atoms with Crippen LogP contribution in [-0.2, 0) is 23.7 Å². The molecule has 2 N–H and O–H groups in total. The maximum atomic E-state index is 11.4. The lowest BCUT2D eigenvalue weighted by atomic mass is 9.94. The van der Waals surface area contributed by atoms with Gasteiger partial charge in [-0.25, -0.2) is 0 Å². The fraction of sp³-hybridized carbons (Fsp3) is 0.682. The van der Waals surface area contributed by atoms with Gasteiger partial charge in [0, 0.05) is 18.9 Å². The number of benzene rings is 1. The second-order valence-electron chi connectivity index (χ2n) is 9.41. The van der Waals surface area contributed by atoms with Crippen molar-refractivity contribution in [1.82, 2.24) is 5.32 Å². The van der Waals surface area contributed by atoms with Crippen molar-refractivity contribution in [3.63, 3.8) is 0 Å². The van der Waals surface area contributed by atoms with Crippen LogP contribution in [0.1, 0.15) is 46.0 Å². The van der Waals surface area contributed by atoms with E-state index in [4.69, 9.17) is 35.9 Å². The van der Waals surface area contributed by atoms with Crippen molar-refractivity contribution >= 4 is 28.7 Å². The molecule has 1 aliphatic carbocycles. The summed E-state index contributed by atoms with van der Waals surface area (Å²) in [6.07, 6.45) is 3.35. The van der Waals surface area contributed by atoms with Crippen LogP contribution in [0.15, 0.2) is 24.3 Å². The largest absolute Gasteiger partial charge is 0.354 e. The molecular formula is C22H29N3O7S. The maximum absolute atomic E-state index is 11.4. The molecule has 1 aromatic rings. The van der Waals surface area contributed by atoms with Crippen LogP contribution in [0.5, 0.6) is 0 Å². The molecule has 4 fully saturated rings. The van der Waals surface area contributed by atoms with E-state index in [0.717, 1.165) is 25.7 Å². The number of hydrogen-bond acceptors (Lipinski definition) is 8. The number of nitrogens with zero attached hydrogens (tertiary/aromatic N) is 1. The van der Waals surface area contributed by atoms with Gasteiger partial charge in [-0.2, -0.15) is 0 Å². The Morgan fingerprint density at radius 3 is 2.64 bits per heavy atom. The molecule has 0 bridgehead atoms. The number of fused-ring (bicyclic) bond motifs is 1. The fourth-order valence-corrected chi connectivity index (χ4v) is 5.40. The molecule has 1 saturated carbocycles. The second kappa shape index (κ2) is 8.71. The molecule has 33 heavy (non-hydrogen) atoms. The van der Waals surface area contributed by atoms with Gasteiger partial charge >= 0.3 is 0 Å². The second-order valence-corrected chi connectivity index (χ2v) is 9.81. The molecule has 0 unspecified atom stereocenters. The van der Waals surface area contributed by atoms with Crippen molar-refractivity contribution < 1.29 is 28.6 Å². The highest BCUT2D eigenvalue weighted by Gasteiger charge is 2.59. The van der Waals surface area contributed by atoms with Gasteiger partial charge in [-0.1, -0.05) is 18.6 Å². The van der Waals surface area contributed by atoms with Gasteiger partial charge in [0.05, 0.1) is 17.6 Å². The molecule has 11 heteroatoms. The molecule has 0 radical (unpaired) electrons. The maximum Gasteiger partial charge on any atom is 0.292 e. The molecule has 0 aromatic heterocycles. The number of nitrogens with one attached hydrogen (secondary N) is 2. The van der Waals surface area contributed by atoms with E-state index in [-0.39, 0.29) is 16.9 Å². The SMILES string of the molecule is CC1(C)O[C@H]2O[C@H]([C@H]3COC4(CCCCC4)O3)[C@H](NC(=S)Nc3ccccc3[N+](=O)[O-])[C@H]2O1. The Morgan fingerprint density at radius 2 is 1.88 bits per heavy atom. The van der Waals surface area contributed by atoms with Crippen LogP contribution in [0.25, 0.3) is 0 Å². The van der Waals surface area contributed by atoms with E-state index in [1.165, 1.54) is 12.5 Å². The van der Waals surface area contributed by atoms with E-state index in [0.29, 0.717) is 12.3 Å². The van der Waals surface area contributed by atoms with Gasteiger partial charge in [-0.05, 0) is 45.0 Å². The average molecular weight is 480 g/mol. The molecule has 1 aromatic carbocycles. The zero-order chi connectivity index (χ0) is 23.2. The predicted molar refractivity (Wildman–Crippen MR) is 122 cm³/mol. The number of rotatable bonds is 4. The van der Waals surface area contributed by atoms with Crippen molar-refractivity contribution in [2.75, 3.05) is 11.9 Å². The number of anilines is 1. The van der Waals surface area contributed by atoms with Crippen LogP contribution in [0.2, 0.25) is 0 Å². The quantitative estimate of drug-likeness (QED) is 0.379. The summed E-state index contributed by atoms with van der Waals surface area (Å²) in [5, 5.41) is 17.8. The molecule has 1 spiro atoms. The standard InChI is InChI=1S/C22H29N3O7S/c1-21(2)31-18-16(24-20(33)23-13-8-4-5-9-14(13)25(26)27)17(29-19(18)32-21)15-12-28-22(30-15)10-6-3-7-11-22/h4-5,8-9,15-19H,3,6-7,10-12H2,1-2H3,(H2,23,24,33)/t15-,16+,17-,18-,19-/m1/s1. The summed E-state index contributed by atoms with van der Waals surface area (Å²) in [6, 6.07) is 5.95. The first-order chi connectivity index (χ1) is 15.8. The monoisotopic (exact) mass is 479 g/mol. The Labute approximate surface area is 197 Å². The minimum Gasteiger partial charge on any atom is -0.354 e. The highest BCUT2D eigenvalue weighted by molar-refractivity contribution is 7.80. The number of nitro groups is 1. The third-order valence-corrected chi connectivity index (χ3v) is 6.81. The highest BCUT2D eigenvalue weighted by atomic mass is 32.1. The van der Waals surface area contributed by atoms with E-state index in [9.17, 15) is 10.1 Å². The average Bonchev–Trinajstić information content (AvgIpc) is 3.40. The first-order valence-corrected chi connectivity index (χ1v) is 11.8. The van der Waals surface area contributed by atoms with Gasteiger partial charge in [0.1, 0.15) is 24.0 Å². The Hall–Kier alpha value is -1.89. The van der Waals surface area contributed by atoms with Gasteiger partial charge in [-0.15, -0.1) is 0 Å². The van der Waals surface area contributed by atoms with Crippen LogP contribution in [0.3, 0.4) is 0 Å². The summed E-state index contributed by atoms with van der Waals surface area (Å²) in [6.45, 7) is 4.07. The Kier molecular flexibility index (Phi) is 6.04. The number of para-hydroxylation sites is 2. The lowest BCUT2D eigenvalue weighted by molar-refractivity contribution is -0.383. The van der Waals surface area contributed by atoms with Gasteiger partial charge in [0.15, 0.2) is 23.0 Å². The van der Waals surface area contributed by atoms with E-state index in [1.807, 2.05) is 13.8 Å². The Bertz CT molecular complexity index is 923.